The second kappa shape index (κ2) is 11.1. The first-order chi connectivity index (χ1) is 16.6. The molecule has 0 aromatic heterocycles. The number of hydrogen-bond acceptors (Lipinski definition) is 5. The van der Waals surface area contributed by atoms with E-state index in [-0.39, 0.29) is 6.04 Å². The third-order valence-electron chi connectivity index (χ3n) is 6.33. The minimum atomic E-state index is -0.754. The second-order valence-electron chi connectivity index (χ2n) is 8.50. The lowest BCUT2D eigenvalue weighted by Gasteiger charge is -2.38. The maximum atomic E-state index is 11.8. The number of likely N-dealkylation sites (tertiary alicyclic amines) is 1. The summed E-state index contributed by atoms with van der Waals surface area (Å²) in [6.45, 7) is 1.71. The van der Waals surface area contributed by atoms with Crippen LogP contribution >= 0.6 is 0 Å². The molecule has 1 heterocycles. The Morgan fingerprint density at radius 2 is 1.71 bits per heavy atom. The van der Waals surface area contributed by atoms with E-state index in [1.165, 1.54) is 0 Å². The van der Waals surface area contributed by atoms with Gasteiger partial charge >= 0.3 is 5.97 Å². The molecule has 1 aliphatic heterocycles. The Labute approximate surface area is 200 Å². The molecule has 3 aromatic rings. The minimum absolute atomic E-state index is 0.242. The van der Waals surface area contributed by atoms with Crippen molar-refractivity contribution in [2.24, 2.45) is 5.92 Å². The summed E-state index contributed by atoms with van der Waals surface area (Å²) in [5.74, 6) is 1.01. The Morgan fingerprint density at radius 3 is 2.38 bits per heavy atom. The van der Waals surface area contributed by atoms with Gasteiger partial charge in [0.25, 0.3) is 0 Å². The normalized spacial score (nSPS) is 17.1. The number of carboxylic acids is 1. The van der Waals surface area contributed by atoms with Crippen molar-refractivity contribution in [3.63, 3.8) is 0 Å². The van der Waals surface area contributed by atoms with E-state index in [0.29, 0.717) is 31.1 Å². The number of methoxy groups -OCH3 is 2. The van der Waals surface area contributed by atoms with Gasteiger partial charge in [0.15, 0.2) is 0 Å². The average molecular weight is 462 g/mol. The smallest absolute Gasteiger partial charge is 0.307 e. The van der Waals surface area contributed by atoms with Crippen LogP contribution in [0.2, 0.25) is 0 Å². The maximum absolute atomic E-state index is 11.8. The van der Waals surface area contributed by atoms with E-state index >= 15 is 0 Å². The molecule has 1 saturated heterocycles. The largest absolute Gasteiger partial charge is 0.496 e. The summed E-state index contributed by atoms with van der Waals surface area (Å²) in [7, 11) is 3.29. The van der Waals surface area contributed by atoms with Crippen molar-refractivity contribution in [1.29, 1.82) is 0 Å². The van der Waals surface area contributed by atoms with Gasteiger partial charge in [-0.25, -0.2) is 0 Å². The number of carbonyl (C=O) groups is 1. The number of aliphatic carboxylic acids is 1. The van der Waals surface area contributed by atoms with E-state index in [4.69, 9.17) is 14.2 Å². The van der Waals surface area contributed by atoms with Gasteiger partial charge in [-0.2, -0.15) is 0 Å². The molecule has 4 rings (SSSR count). The minimum Gasteiger partial charge on any atom is -0.496 e. The summed E-state index contributed by atoms with van der Waals surface area (Å²) >= 11 is 0. The second-order valence-corrected chi connectivity index (χ2v) is 8.50. The fraction of sp³-hybridized carbons (Fsp3) is 0.321. The van der Waals surface area contributed by atoms with Crippen molar-refractivity contribution in [3.8, 4) is 17.2 Å². The molecule has 1 aliphatic rings. The van der Waals surface area contributed by atoms with Crippen molar-refractivity contribution in [2.45, 2.75) is 25.5 Å². The van der Waals surface area contributed by atoms with Crippen LogP contribution in [0.4, 0.5) is 0 Å². The van der Waals surface area contributed by atoms with Crippen LogP contribution in [0.15, 0.2) is 72.8 Å². The zero-order valence-electron chi connectivity index (χ0n) is 19.6. The molecule has 1 N–H and O–H groups in total. The number of hydrogen-bond donors (Lipinski definition) is 1. The third-order valence-corrected chi connectivity index (χ3v) is 6.33. The van der Waals surface area contributed by atoms with Gasteiger partial charge in [0.2, 0.25) is 0 Å². The predicted molar refractivity (Wildman–Crippen MR) is 131 cm³/mol. The average Bonchev–Trinajstić information content (AvgIpc) is 2.88. The molecule has 0 amide bonds. The fourth-order valence-electron chi connectivity index (χ4n) is 4.67. The molecule has 0 bridgehead atoms. The van der Waals surface area contributed by atoms with Gasteiger partial charge in [0.05, 0.1) is 31.7 Å². The summed E-state index contributed by atoms with van der Waals surface area (Å²) in [5, 5.41) is 9.71. The lowest BCUT2D eigenvalue weighted by atomic mass is 9.90. The Kier molecular flexibility index (Phi) is 7.70. The van der Waals surface area contributed by atoms with Crippen LogP contribution in [-0.2, 0) is 11.4 Å². The molecule has 34 heavy (non-hydrogen) atoms. The molecule has 0 radical (unpaired) electrons. The highest BCUT2D eigenvalue weighted by Gasteiger charge is 2.34. The Bertz CT molecular complexity index is 1080. The first-order valence-electron chi connectivity index (χ1n) is 11.5. The summed E-state index contributed by atoms with van der Waals surface area (Å²) in [5.41, 5.74) is 2.98. The number of ether oxygens (including phenoxy) is 3. The summed E-state index contributed by atoms with van der Waals surface area (Å²) in [4.78, 5) is 14.0. The van der Waals surface area contributed by atoms with E-state index < -0.39 is 11.9 Å². The number of benzene rings is 3. The molecule has 178 valence electrons. The van der Waals surface area contributed by atoms with E-state index in [1.807, 2.05) is 66.7 Å². The Balaban J connectivity index is 1.73. The molecular formula is C28H31NO5. The van der Waals surface area contributed by atoms with Gasteiger partial charge in [0.1, 0.15) is 23.9 Å². The van der Waals surface area contributed by atoms with E-state index in [2.05, 4.69) is 11.0 Å². The number of rotatable bonds is 9. The quantitative estimate of drug-likeness (QED) is 0.474. The van der Waals surface area contributed by atoms with Gasteiger partial charge in [-0.1, -0.05) is 48.5 Å². The zero-order valence-corrected chi connectivity index (χ0v) is 19.6. The van der Waals surface area contributed by atoms with Crippen LogP contribution in [-0.4, -0.2) is 43.3 Å². The van der Waals surface area contributed by atoms with Crippen molar-refractivity contribution in [3.05, 3.63) is 89.5 Å². The van der Waals surface area contributed by atoms with Gasteiger partial charge in [-0.05, 0) is 54.8 Å². The predicted octanol–water partition coefficient (Wildman–Crippen LogP) is 5.17. The molecule has 0 saturated carbocycles. The summed E-state index contributed by atoms with van der Waals surface area (Å²) < 4.78 is 17.6. The molecule has 0 aliphatic carbocycles. The Morgan fingerprint density at radius 1 is 1.00 bits per heavy atom. The van der Waals surface area contributed by atoms with Gasteiger partial charge in [-0.3, -0.25) is 9.69 Å². The van der Waals surface area contributed by atoms with Crippen molar-refractivity contribution < 1.29 is 24.1 Å². The third kappa shape index (κ3) is 5.34. The van der Waals surface area contributed by atoms with Gasteiger partial charge < -0.3 is 19.3 Å². The van der Waals surface area contributed by atoms with Crippen molar-refractivity contribution in [2.75, 3.05) is 27.3 Å². The highest BCUT2D eigenvalue weighted by molar-refractivity contribution is 5.70. The summed E-state index contributed by atoms with van der Waals surface area (Å²) in [6, 6.07) is 23.5. The van der Waals surface area contributed by atoms with Gasteiger partial charge in [0, 0.05) is 6.54 Å². The van der Waals surface area contributed by atoms with Crippen molar-refractivity contribution >= 4 is 5.97 Å². The van der Waals surface area contributed by atoms with Crippen LogP contribution < -0.4 is 14.2 Å². The molecule has 6 heteroatoms. The maximum Gasteiger partial charge on any atom is 0.307 e. The van der Waals surface area contributed by atoms with Crippen LogP contribution in [0.25, 0.3) is 0 Å². The monoisotopic (exact) mass is 461 g/mol. The number of carboxylic acid groups (broad SMARTS) is 1. The van der Waals surface area contributed by atoms with Crippen LogP contribution in [0, 0.1) is 5.92 Å². The molecule has 3 aromatic carbocycles. The molecule has 6 nitrogen and oxygen atoms in total. The lowest BCUT2D eigenvalue weighted by Crippen LogP contribution is -2.41. The van der Waals surface area contributed by atoms with Crippen LogP contribution in [0.5, 0.6) is 17.2 Å². The van der Waals surface area contributed by atoms with Crippen LogP contribution in [0.3, 0.4) is 0 Å². The SMILES string of the molecule is COc1cccc(OC)c1C(c1cccc(OCc2ccccc2)c1)N1CCCC(C(=O)O)C1. The molecule has 2 unspecified atom stereocenters. The van der Waals surface area contributed by atoms with E-state index in [9.17, 15) is 9.90 Å². The first kappa shape index (κ1) is 23.6. The van der Waals surface area contributed by atoms with Crippen molar-refractivity contribution in [1.82, 2.24) is 4.90 Å². The van der Waals surface area contributed by atoms with E-state index in [0.717, 1.165) is 35.4 Å². The standard InChI is InChI=1S/C28H31NO5/c1-32-24-14-7-15-25(33-2)26(24)27(29-16-8-12-22(18-29)28(30)31)21-11-6-13-23(17-21)34-19-20-9-4-3-5-10-20/h3-7,9-11,13-15,17,22,27H,8,12,16,18-19H2,1-2H3,(H,30,31). The molecule has 2 atom stereocenters. The number of piperidine rings is 1. The van der Waals surface area contributed by atoms with Gasteiger partial charge in [-0.15, -0.1) is 0 Å². The first-order valence-corrected chi connectivity index (χ1v) is 11.5. The molecule has 0 spiro atoms. The molecule has 1 fully saturated rings. The lowest BCUT2D eigenvalue weighted by molar-refractivity contribution is -0.143. The zero-order chi connectivity index (χ0) is 23.9. The fourth-order valence-corrected chi connectivity index (χ4v) is 4.67. The topological polar surface area (TPSA) is 68.2 Å². The van der Waals surface area contributed by atoms with E-state index in [1.54, 1.807) is 14.2 Å². The summed E-state index contributed by atoms with van der Waals surface area (Å²) in [6.07, 6.45) is 1.50. The Hall–Kier alpha value is -3.51. The molecular weight excluding hydrogens is 430 g/mol. The van der Waals surface area contributed by atoms with Crippen LogP contribution in [0.1, 0.15) is 35.6 Å². The highest BCUT2D eigenvalue weighted by Crippen LogP contribution is 2.43. The number of nitrogens with zero attached hydrogens (tertiary/aromatic N) is 1. The highest BCUT2D eigenvalue weighted by atomic mass is 16.5.